The van der Waals surface area contributed by atoms with Gasteiger partial charge < -0.3 is 4.74 Å². The Bertz CT molecular complexity index is 510. The molecule has 1 atom stereocenters. The van der Waals surface area contributed by atoms with Crippen LogP contribution >= 0.6 is 0 Å². The van der Waals surface area contributed by atoms with Crippen LogP contribution in [0.1, 0.15) is 77.3 Å². The van der Waals surface area contributed by atoms with Gasteiger partial charge in [-0.3, -0.25) is 9.59 Å². The minimum absolute atomic E-state index is 0.162. The second-order valence-electron chi connectivity index (χ2n) is 7.08. The predicted octanol–water partition coefficient (Wildman–Crippen LogP) is 5.27. The maximum atomic E-state index is 12.3. The molecule has 0 aromatic heterocycles. The van der Waals surface area contributed by atoms with Crippen LogP contribution in [-0.4, -0.2) is 11.9 Å². The molecule has 1 rings (SSSR count). The monoisotopic (exact) mass is 332 g/mol. The third-order valence-corrected chi connectivity index (χ3v) is 4.29. The molecule has 0 N–H and O–H groups in total. The highest BCUT2D eigenvalue weighted by Gasteiger charge is 2.25. The van der Waals surface area contributed by atoms with Crippen molar-refractivity contribution in [1.82, 2.24) is 0 Å². The molecule has 0 heterocycles. The van der Waals surface area contributed by atoms with Gasteiger partial charge in [-0.2, -0.15) is 0 Å². The largest absolute Gasteiger partial charge is 0.392 e. The second-order valence-corrected chi connectivity index (χ2v) is 7.08. The van der Waals surface area contributed by atoms with E-state index in [1.807, 2.05) is 26.0 Å². The van der Waals surface area contributed by atoms with Crippen LogP contribution in [0.4, 0.5) is 0 Å². The first-order valence-corrected chi connectivity index (χ1v) is 9.23. The normalized spacial score (nSPS) is 12.5. The number of benzene rings is 1. The molecule has 0 aliphatic carbocycles. The van der Waals surface area contributed by atoms with E-state index in [-0.39, 0.29) is 11.9 Å². The number of rotatable bonds is 9. The molecule has 1 aromatic carbocycles. The summed E-state index contributed by atoms with van der Waals surface area (Å²) < 4.78 is 5.15. The van der Waals surface area contributed by atoms with Gasteiger partial charge in [-0.05, 0) is 43.2 Å². The van der Waals surface area contributed by atoms with Gasteiger partial charge in [0, 0.05) is 0 Å². The molecule has 3 heteroatoms. The van der Waals surface area contributed by atoms with Gasteiger partial charge in [0.15, 0.2) is 0 Å². The quantitative estimate of drug-likeness (QED) is 0.457. The molecule has 0 amide bonds. The Balaban J connectivity index is 2.67. The Hall–Kier alpha value is -1.64. The van der Waals surface area contributed by atoms with Crippen LogP contribution in [0.25, 0.3) is 0 Å². The topological polar surface area (TPSA) is 43.4 Å². The fourth-order valence-electron chi connectivity index (χ4n) is 2.90. The molecule has 24 heavy (non-hydrogen) atoms. The van der Waals surface area contributed by atoms with Crippen molar-refractivity contribution < 1.29 is 14.3 Å². The molecule has 0 radical (unpaired) electrons. The molecule has 0 aliphatic heterocycles. The number of carbonyl (C=O) groups excluding carboxylic acids is 2. The number of esters is 2. The van der Waals surface area contributed by atoms with E-state index in [2.05, 4.69) is 26.0 Å². The van der Waals surface area contributed by atoms with Crippen LogP contribution in [0.2, 0.25) is 0 Å². The van der Waals surface area contributed by atoms with Crippen LogP contribution in [0.3, 0.4) is 0 Å². The van der Waals surface area contributed by atoms with Gasteiger partial charge in [0.05, 0.1) is 11.8 Å². The third kappa shape index (κ3) is 6.46. The Labute approximate surface area is 146 Å². The summed E-state index contributed by atoms with van der Waals surface area (Å²) in [5.74, 6) is -0.804. The van der Waals surface area contributed by atoms with Crippen LogP contribution in [0.15, 0.2) is 24.3 Å². The van der Waals surface area contributed by atoms with Crippen molar-refractivity contribution in [3.8, 4) is 0 Å². The lowest BCUT2D eigenvalue weighted by Gasteiger charge is -2.16. The van der Waals surface area contributed by atoms with E-state index >= 15 is 0 Å². The molecule has 1 unspecified atom stereocenters. The number of hydrogen-bond donors (Lipinski definition) is 0. The number of ether oxygens (including phenoxy) is 1. The van der Waals surface area contributed by atoms with E-state index in [1.165, 1.54) is 5.56 Å². The molecular weight excluding hydrogens is 300 g/mol. The highest BCUT2D eigenvalue weighted by molar-refractivity contribution is 5.90. The van der Waals surface area contributed by atoms with Crippen LogP contribution in [0, 0.1) is 11.8 Å². The number of hydrogen-bond acceptors (Lipinski definition) is 3. The van der Waals surface area contributed by atoms with Gasteiger partial charge >= 0.3 is 11.9 Å². The first kappa shape index (κ1) is 20.4. The summed E-state index contributed by atoms with van der Waals surface area (Å²) in [5.41, 5.74) is 2.15. The fourth-order valence-corrected chi connectivity index (χ4v) is 2.90. The van der Waals surface area contributed by atoms with E-state index in [4.69, 9.17) is 4.74 Å². The van der Waals surface area contributed by atoms with Crippen molar-refractivity contribution in [2.75, 3.05) is 0 Å². The van der Waals surface area contributed by atoms with Gasteiger partial charge in [0.2, 0.25) is 0 Å². The lowest BCUT2D eigenvalue weighted by atomic mass is 9.96. The maximum absolute atomic E-state index is 12.3. The highest BCUT2D eigenvalue weighted by atomic mass is 16.6. The zero-order valence-electron chi connectivity index (χ0n) is 15.8. The maximum Gasteiger partial charge on any atom is 0.320 e. The number of carbonyl (C=O) groups is 2. The standard InChI is InChI=1S/C21H32O3/c1-6-8-19(9-7-2)21(23)24-20(22)16(5)18-12-10-17(11-13-18)14-15(3)4/h10-13,15-16,19H,6-9,14H2,1-5H3. The molecule has 3 nitrogen and oxygen atoms in total. The van der Waals surface area contributed by atoms with E-state index in [0.29, 0.717) is 5.92 Å². The summed E-state index contributed by atoms with van der Waals surface area (Å²) in [6, 6.07) is 8.03. The van der Waals surface area contributed by atoms with Crippen molar-refractivity contribution in [3.63, 3.8) is 0 Å². The third-order valence-electron chi connectivity index (χ3n) is 4.29. The first-order chi connectivity index (χ1) is 11.4. The summed E-state index contributed by atoms with van der Waals surface area (Å²) in [7, 11) is 0. The molecule has 0 saturated heterocycles. The Kier molecular flexibility index (Phi) is 8.73. The van der Waals surface area contributed by atoms with Crippen molar-refractivity contribution in [2.45, 2.75) is 72.6 Å². The summed E-state index contributed by atoms with van der Waals surface area (Å²) >= 11 is 0. The van der Waals surface area contributed by atoms with Gasteiger partial charge in [-0.1, -0.05) is 64.8 Å². The molecule has 0 aliphatic rings. The van der Waals surface area contributed by atoms with Crippen molar-refractivity contribution in [3.05, 3.63) is 35.4 Å². The van der Waals surface area contributed by atoms with E-state index < -0.39 is 11.9 Å². The Morgan fingerprint density at radius 3 is 1.92 bits per heavy atom. The van der Waals surface area contributed by atoms with Gasteiger partial charge in [-0.25, -0.2) is 0 Å². The molecule has 0 fully saturated rings. The zero-order chi connectivity index (χ0) is 18.1. The highest BCUT2D eigenvalue weighted by Crippen LogP contribution is 2.21. The van der Waals surface area contributed by atoms with Crippen LogP contribution < -0.4 is 0 Å². The van der Waals surface area contributed by atoms with Gasteiger partial charge in [0.1, 0.15) is 0 Å². The summed E-state index contributed by atoms with van der Waals surface area (Å²) in [6.07, 6.45) is 4.41. The molecule has 0 spiro atoms. The minimum atomic E-state index is -0.450. The van der Waals surface area contributed by atoms with Crippen molar-refractivity contribution in [1.29, 1.82) is 0 Å². The van der Waals surface area contributed by atoms with Gasteiger partial charge in [0.25, 0.3) is 0 Å². The molecule has 0 saturated carbocycles. The molecule has 1 aromatic rings. The zero-order valence-corrected chi connectivity index (χ0v) is 15.8. The summed E-state index contributed by atoms with van der Waals surface area (Å²) in [6.45, 7) is 10.2. The Morgan fingerprint density at radius 2 is 1.46 bits per heavy atom. The second kappa shape index (κ2) is 10.3. The van der Waals surface area contributed by atoms with E-state index in [1.54, 1.807) is 6.92 Å². The van der Waals surface area contributed by atoms with E-state index in [0.717, 1.165) is 37.7 Å². The van der Waals surface area contributed by atoms with E-state index in [9.17, 15) is 9.59 Å². The Morgan fingerprint density at radius 1 is 0.917 bits per heavy atom. The van der Waals surface area contributed by atoms with Crippen LogP contribution in [-0.2, 0) is 20.7 Å². The average molecular weight is 332 g/mol. The van der Waals surface area contributed by atoms with Crippen molar-refractivity contribution in [2.24, 2.45) is 11.8 Å². The first-order valence-electron chi connectivity index (χ1n) is 9.23. The summed E-state index contributed by atoms with van der Waals surface area (Å²) in [5, 5.41) is 0. The smallest absolute Gasteiger partial charge is 0.320 e. The molecular formula is C21H32O3. The lowest BCUT2D eigenvalue weighted by Crippen LogP contribution is -2.24. The minimum Gasteiger partial charge on any atom is -0.392 e. The molecule has 134 valence electrons. The van der Waals surface area contributed by atoms with Crippen LogP contribution in [0.5, 0.6) is 0 Å². The summed E-state index contributed by atoms with van der Waals surface area (Å²) in [4.78, 5) is 24.5. The fraction of sp³-hybridized carbons (Fsp3) is 0.619. The molecule has 0 bridgehead atoms. The van der Waals surface area contributed by atoms with Gasteiger partial charge in [-0.15, -0.1) is 0 Å². The predicted molar refractivity (Wildman–Crippen MR) is 97.8 cm³/mol. The van der Waals surface area contributed by atoms with Crippen molar-refractivity contribution >= 4 is 11.9 Å². The average Bonchev–Trinajstić information content (AvgIpc) is 2.54. The SMILES string of the molecule is CCCC(CCC)C(=O)OC(=O)C(C)c1ccc(CC(C)C)cc1. The lowest BCUT2D eigenvalue weighted by molar-refractivity contribution is -0.163.